The Balaban J connectivity index is 1.71. The topological polar surface area (TPSA) is 47.6 Å². The number of aryl methyl sites for hydroxylation is 1. The molecular weight excluding hydrogens is 326 g/mol. The van der Waals surface area contributed by atoms with Crippen LogP contribution in [-0.4, -0.2) is 25.2 Å². The molecule has 1 N–H and O–H groups in total. The number of carbonyl (C=O) groups excluding carboxylic acids is 1. The Morgan fingerprint density at radius 3 is 2.81 bits per heavy atom. The van der Waals surface area contributed by atoms with Crippen LogP contribution in [0.25, 0.3) is 0 Å². The molecule has 0 aliphatic carbocycles. The molecule has 1 atom stereocenters. The highest BCUT2D eigenvalue weighted by Crippen LogP contribution is 2.28. The second-order valence-electron chi connectivity index (χ2n) is 7.12. The molecule has 26 heavy (non-hydrogen) atoms. The van der Waals surface area contributed by atoms with Gasteiger partial charge in [0.2, 0.25) is 0 Å². The van der Waals surface area contributed by atoms with Crippen LogP contribution in [0, 0.1) is 6.92 Å². The average Bonchev–Trinajstić information content (AvgIpc) is 3.15. The summed E-state index contributed by atoms with van der Waals surface area (Å²) in [6.07, 6.45) is 2.28. The highest BCUT2D eigenvalue weighted by molar-refractivity contribution is 6.05. The fraction of sp³-hybridized carbons (Fsp3) is 0.409. The maximum atomic E-state index is 12.8. The molecule has 3 rings (SSSR count). The molecule has 1 aliphatic heterocycles. The van der Waals surface area contributed by atoms with E-state index in [1.807, 2.05) is 37.3 Å². The van der Waals surface area contributed by atoms with Crippen molar-refractivity contribution in [2.24, 2.45) is 0 Å². The zero-order valence-electron chi connectivity index (χ0n) is 15.7. The normalized spacial score (nSPS) is 16.7. The van der Waals surface area contributed by atoms with Crippen LogP contribution in [0.5, 0.6) is 5.75 Å². The molecule has 1 amide bonds. The third-order valence-electron chi connectivity index (χ3n) is 4.72. The highest BCUT2D eigenvalue weighted by Gasteiger charge is 2.17. The zero-order valence-corrected chi connectivity index (χ0v) is 15.7. The van der Waals surface area contributed by atoms with Crippen LogP contribution >= 0.6 is 0 Å². The second kappa shape index (κ2) is 8.37. The Labute approximate surface area is 155 Å². The van der Waals surface area contributed by atoms with Crippen LogP contribution < -0.4 is 10.1 Å². The minimum Gasteiger partial charge on any atom is -0.491 e. The van der Waals surface area contributed by atoms with Gasteiger partial charge in [-0.05, 0) is 55.0 Å². The van der Waals surface area contributed by atoms with Gasteiger partial charge in [0.15, 0.2) is 0 Å². The van der Waals surface area contributed by atoms with Gasteiger partial charge in [0.25, 0.3) is 5.91 Å². The van der Waals surface area contributed by atoms with Gasteiger partial charge in [0, 0.05) is 17.9 Å². The number of amides is 1. The van der Waals surface area contributed by atoms with Gasteiger partial charge in [-0.2, -0.15) is 0 Å². The van der Waals surface area contributed by atoms with E-state index in [9.17, 15) is 4.79 Å². The number of para-hydroxylation sites is 1. The number of rotatable bonds is 6. The number of hydrogen-bond acceptors (Lipinski definition) is 3. The van der Waals surface area contributed by atoms with Gasteiger partial charge in [0.1, 0.15) is 12.4 Å². The number of hydrogen-bond donors (Lipinski definition) is 1. The Hall–Kier alpha value is -2.33. The Morgan fingerprint density at radius 2 is 2.08 bits per heavy atom. The average molecular weight is 353 g/mol. The molecule has 4 nitrogen and oxygen atoms in total. The quantitative estimate of drug-likeness (QED) is 0.801. The molecule has 0 radical (unpaired) electrons. The van der Waals surface area contributed by atoms with E-state index in [4.69, 9.17) is 9.47 Å². The van der Waals surface area contributed by atoms with E-state index in [-0.39, 0.29) is 12.0 Å². The first kappa shape index (κ1) is 18.5. The van der Waals surface area contributed by atoms with Crippen molar-refractivity contribution in [2.75, 3.05) is 18.5 Å². The minimum absolute atomic E-state index is 0.122. The van der Waals surface area contributed by atoms with Crippen molar-refractivity contribution in [1.82, 2.24) is 0 Å². The summed E-state index contributed by atoms with van der Waals surface area (Å²) in [5.74, 6) is 0.914. The van der Waals surface area contributed by atoms with Gasteiger partial charge in [0.05, 0.1) is 6.10 Å². The summed E-state index contributed by atoms with van der Waals surface area (Å²) in [7, 11) is 0. The van der Waals surface area contributed by atoms with Crippen molar-refractivity contribution in [1.29, 1.82) is 0 Å². The van der Waals surface area contributed by atoms with Gasteiger partial charge in [-0.15, -0.1) is 0 Å². The molecule has 4 heteroatoms. The van der Waals surface area contributed by atoms with Crippen molar-refractivity contribution in [3.05, 3.63) is 59.2 Å². The smallest absolute Gasteiger partial charge is 0.255 e. The third-order valence-corrected chi connectivity index (χ3v) is 4.72. The Kier molecular flexibility index (Phi) is 5.94. The van der Waals surface area contributed by atoms with Gasteiger partial charge in [-0.3, -0.25) is 4.79 Å². The van der Waals surface area contributed by atoms with E-state index >= 15 is 0 Å². The Morgan fingerprint density at radius 1 is 1.27 bits per heavy atom. The lowest BCUT2D eigenvalue weighted by Crippen LogP contribution is -2.17. The van der Waals surface area contributed by atoms with Gasteiger partial charge in [-0.1, -0.05) is 38.1 Å². The van der Waals surface area contributed by atoms with Crippen molar-refractivity contribution >= 4 is 11.6 Å². The van der Waals surface area contributed by atoms with Crippen LogP contribution in [0.4, 0.5) is 5.69 Å². The van der Waals surface area contributed by atoms with Crippen LogP contribution in [0.1, 0.15) is 54.1 Å². The van der Waals surface area contributed by atoms with Crippen LogP contribution in [0.2, 0.25) is 0 Å². The first-order valence-electron chi connectivity index (χ1n) is 9.30. The van der Waals surface area contributed by atoms with E-state index in [0.717, 1.165) is 36.3 Å². The lowest BCUT2D eigenvalue weighted by molar-refractivity contribution is 0.0679. The molecule has 0 saturated carbocycles. The predicted molar refractivity (Wildman–Crippen MR) is 104 cm³/mol. The monoisotopic (exact) mass is 353 g/mol. The summed E-state index contributed by atoms with van der Waals surface area (Å²) < 4.78 is 11.4. The van der Waals surface area contributed by atoms with Crippen molar-refractivity contribution < 1.29 is 14.3 Å². The molecule has 1 fully saturated rings. The summed E-state index contributed by atoms with van der Waals surface area (Å²) in [5, 5.41) is 3.08. The number of nitrogens with one attached hydrogen (secondary N) is 1. The van der Waals surface area contributed by atoms with Crippen LogP contribution in [0.3, 0.4) is 0 Å². The Bertz CT molecular complexity index is 764. The van der Waals surface area contributed by atoms with E-state index in [2.05, 4.69) is 25.2 Å². The summed E-state index contributed by atoms with van der Waals surface area (Å²) in [6, 6.07) is 13.4. The summed E-state index contributed by atoms with van der Waals surface area (Å²) in [5.41, 5.74) is 3.70. The molecule has 0 bridgehead atoms. The maximum Gasteiger partial charge on any atom is 0.255 e. The van der Waals surface area contributed by atoms with Crippen molar-refractivity contribution in [3.63, 3.8) is 0 Å². The van der Waals surface area contributed by atoms with E-state index in [1.165, 1.54) is 0 Å². The fourth-order valence-corrected chi connectivity index (χ4v) is 3.22. The first-order valence-corrected chi connectivity index (χ1v) is 9.30. The molecule has 1 saturated heterocycles. The molecule has 1 unspecified atom stereocenters. The van der Waals surface area contributed by atoms with Gasteiger partial charge in [-0.25, -0.2) is 0 Å². The number of benzene rings is 2. The van der Waals surface area contributed by atoms with Crippen molar-refractivity contribution in [3.8, 4) is 5.75 Å². The van der Waals surface area contributed by atoms with Crippen LogP contribution in [0.15, 0.2) is 42.5 Å². The van der Waals surface area contributed by atoms with E-state index in [1.54, 1.807) is 6.07 Å². The first-order chi connectivity index (χ1) is 12.5. The summed E-state index contributed by atoms with van der Waals surface area (Å²) in [4.78, 5) is 12.8. The predicted octanol–water partition coefficient (Wildman–Crippen LogP) is 4.93. The maximum absolute atomic E-state index is 12.8. The number of carbonyl (C=O) groups is 1. The number of anilines is 1. The summed E-state index contributed by atoms with van der Waals surface area (Å²) >= 11 is 0. The number of ether oxygens (including phenoxy) is 2. The standard InChI is InChI=1S/C22H27NO3/c1-15(2)20-11-4-7-16(3)21(20)23-22(24)17-8-5-9-18(13-17)26-14-19-10-6-12-25-19/h4-5,7-9,11,13,15,19H,6,10,12,14H2,1-3H3,(H,23,24). The molecule has 138 valence electrons. The van der Waals surface area contributed by atoms with E-state index in [0.29, 0.717) is 23.8 Å². The lowest BCUT2D eigenvalue weighted by atomic mass is 9.98. The van der Waals surface area contributed by atoms with Gasteiger partial charge < -0.3 is 14.8 Å². The SMILES string of the molecule is Cc1cccc(C(C)C)c1NC(=O)c1cccc(OCC2CCCO2)c1. The summed E-state index contributed by atoms with van der Waals surface area (Å²) in [6.45, 7) is 7.61. The minimum atomic E-state index is -0.122. The molecule has 1 heterocycles. The zero-order chi connectivity index (χ0) is 18.5. The highest BCUT2D eigenvalue weighted by atomic mass is 16.5. The van der Waals surface area contributed by atoms with Gasteiger partial charge >= 0.3 is 0 Å². The van der Waals surface area contributed by atoms with E-state index < -0.39 is 0 Å². The molecule has 2 aromatic carbocycles. The third kappa shape index (κ3) is 4.44. The molecule has 1 aliphatic rings. The largest absolute Gasteiger partial charge is 0.491 e. The molecule has 2 aromatic rings. The second-order valence-corrected chi connectivity index (χ2v) is 7.12. The lowest BCUT2D eigenvalue weighted by Gasteiger charge is -2.17. The fourth-order valence-electron chi connectivity index (χ4n) is 3.22. The van der Waals surface area contributed by atoms with Crippen LogP contribution in [-0.2, 0) is 4.74 Å². The molecule has 0 aromatic heterocycles. The van der Waals surface area contributed by atoms with Crippen molar-refractivity contribution in [2.45, 2.75) is 45.6 Å². The molecular formula is C22H27NO3. The molecule has 0 spiro atoms.